The van der Waals surface area contributed by atoms with Crippen molar-refractivity contribution in [3.63, 3.8) is 0 Å². The second-order valence-corrected chi connectivity index (χ2v) is 9.81. The number of ether oxygens (including phenoxy) is 2. The zero-order valence-electron chi connectivity index (χ0n) is 19.9. The van der Waals surface area contributed by atoms with E-state index in [-0.39, 0.29) is 12.2 Å². The minimum atomic E-state index is -1.04. The summed E-state index contributed by atoms with van der Waals surface area (Å²) in [6.07, 6.45) is 3.37. The molecule has 0 unspecified atom stereocenters. The maximum atomic E-state index is 11.0. The number of rotatable bonds is 8. The molecule has 1 aliphatic rings. The molecule has 0 spiro atoms. The number of pyridine rings is 1. The van der Waals surface area contributed by atoms with Gasteiger partial charge in [0.25, 0.3) is 0 Å². The number of fused-ring (bicyclic) bond motifs is 1. The van der Waals surface area contributed by atoms with Gasteiger partial charge in [0.2, 0.25) is 5.88 Å². The maximum Gasteiger partial charge on any atom is 0.337 e. The molecule has 0 amide bonds. The highest BCUT2D eigenvalue weighted by molar-refractivity contribution is 6.39. The van der Waals surface area contributed by atoms with Crippen molar-refractivity contribution < 1.29 is 23.9 Å². The van der Waals surface area contributed by atoms with Gasteiger partial charge in [-0.05, 0) is 66.1 Å². The molecule has 1 saturated carbocycles. The predicted octanol–water partition coefficient (Wildman–Crippen LogP) is 8.14. The van der Waals surface area contributed by atoms with E-state index in [2.05, 4.69) is 10.1 Å². The topological polar surface area (TPSA) is 94.7 Å². The van der Waals surface area contributed by atoms with Gasteiger partial charge in [-0.3, -0.25) is 0 Å². The standard InChI is InChI=1S/C29H20Cl2N2O5/c30-23-2-1-3-24(31)26(23)27-22(28(38-33-27)16-4-5-16)15-36-20-9-6-18-13-21(10-7-17(18)12-20)37-25-11-8-19(14-32-25)29(34)35/h1-3,6-14,16H,4-5,15H2,(H,34,35). The second kappa shape index (κ2) is 10.0. The molecule has 7 nitrogen and oxygen atoms in total. The van der Waals surface area contributed by atoms with Crippen LogP contribution in [0.15, 0.2) is 77.4 Å². The lowest BCUT2D eigenvalue weighted by Crippen LogP contribution is -2.00. The third-order valence-electron chi connectivity index (χ3n) is 6.34. The second-order valence-electron chi connectivity index (χ2n) is 9.00. The number of aromatic carboxylic acids is 1. The molecule has 9 heteroatoms. The van der Waals surface area contributed by atoms with E-state index in [1.54, 1.807) is 18.2 Å². The Morgan fingerprint density at radius 1 is 0.974 bits per heavy atom. The Kier molecular flexibility index (Phi) is 6.39. The molecule has 0 atom stereocenters. The molecule has 0 aliphatic heterocycles. The van der Waals surface area contributed by atoms with Crippen molar-refractivity contribution in [1.82, 2.24) is 10.1 Å². The Balaban J connectivity index is 1.22. The minimum absolute atomic E-state index is 0.0981. The summed E-state index contributed by atoms with van der Waals surface area (Å²) in [5.41, 5.74) is 2.20. The number of benzene rings is 3. The predicted molar refractivity (Wildman–Crippen MR) is 143 cm³/mol. The van der Waals surface area contributed by atoms with E-state index in [0.29, 0.717) is 44.6 Å². The lowest BCUT2D eigenvalue weighted by Gasteiger charge is -2.11. The summed E-state index contributed by atoms with van der Waals surface area (Å²) >= 11 is 12.9. The van der Waals surface area contributed by atoms with Gasteiger partial charge in [0.1, 0.15) is 29.6 Å². The van der Waals surface area contributed by atoms with Crippen LogP contribution >= 0.6 is 23.2 Å². The smallest absolute Gasteiger partial charge is 0.337 e. The summed E-state index contributed by atoms with van der Waals surface area (Å²) < 4.78 is 17.7. The summed E-state index contributed by atoms with van der Waals surface area (Å²) in [5, 5.41) is 16.3. The van der Waals surface area contributed by atoms with Crippen molar-refractivity contribution in [3.05, 3.63) is 99.9 Å². The number of nitrogens with zero attached hydrogens (tertiary/aromatic N) is 2. The molecule has 3 aromatic carbocycles. The summed E-state index contributed by atoms with van der Waals surface area (Å²) in [6.45, 7) is 0.261. The highest BCUT2D eigenvalue weighted by atomic mass is 35.5. The van der Waals surface area contributed by atoms with Crippen molar-refractivity contribution in [1.29, 1.82) is 0 Å². The molecular weight excluding hydrogens is 527 g/mol. The molecule has 38 heavy (non-hydrogen) atoms. The summed E-state index contributed by atoms with van der Waals surface area (Å²) in [6, 6.07) is 19.7. The van der Waals surface area contributed by atoms with Crippen molar-refractivity contribution in [2.45, 2.75) is 25.4 Å². The SMILES string of the molecule is O=C(O)c1ccc(Oc2ccc3cc(OCc4c(-c5c(Cl)cccc5Cl)noc4C4CC4)ccc3c2)nc1. The number of carboxylic acids is 1. The first-order chi connectivity index (χ1) is 18.5. The van der Waals surface area contributed by atoms with E-state index >= 15 is 0 Å². The van der Waals surface area contributed by atoms with E-state index in [1.165, 1.54) is 18.3 Å². The fourth-order valence-electron chi connectivity index (χ4n) is 4.25. The molecule has 1 fully saturated rings. The normalized spacial score (nSPS) is 13.0. The van der Waals surface area contributed by atoms with E-state index in [0.717, 1.165) is 34.9 Å². The van der Waals surface area contributed by atoms with Crippen molar-refractivity contribution in [2.24, 2.45) is 0 Å². The Hall–Kier alpha value is -4.07. The van der Waals surface area contributed by atoms with Crippen LogP contribution in [0.3, 0.4) is 0 Å². The van der Waals surface area contributed by atoms with Crippen LogP contribution in [0.1, 0.15) is 40.4 Å². The third-order valence-corrected chi connectivity index (χ3v) is 6.97. The molecule has 6 rings (SSSR count). The van der Waals surface area contributed by atoms with Crippen LogP contribution in [0, 0.1) is 0 Å². The molecule has 0 saturated heterocycles. The molecule has 0 radical (unpaired) electrons. The molecule has 1 N–H and O–H groups in total. The minimum Gasteiger partial charge on any atom is -0.489 e. The van der Waals surface area contributed by atoms with Gasteiger partial charge < -0.3 is 19.1 Å². The van der Waals surface area contributed by atoms with Crippen LogP contribution < -0.4 is 9.47 Å². The van der Waals surface area contributed by atoms with Gasteiger partial charge in [0, 0.05) is 23.7 Å². The Bertz CT molecular complexity index is 1640. The first kappa shape index (κ1) is 24.3. The van der Waals surface area contributed by atoms with Gasteiger partial charge in [-0.25, -0.2) is 9.78 Å². The molecule has 190 valence electrons. The molecule has 2 heterocycles. The van der Waals surface area contributed by atoms with Crippen LogP contribution in [-0.4, -0.2) is 21.2 Å². The van der Waals surface area contributed by atoms with Gasteiger partial charge in [0.05, 0.1) is 21.2 Å². The van der Waals surface area contributed by atoms with Crippen molar-refractivity contribution in [3.8, 4) is 28.6 Å². The van der Waals surface area contributed by atoms with E-state index in [4.69, 9.17) is 42.3 Å². The van der Waals surface area contributed by atoms with Crippen LogP contribution in [-0.2, 0) is 6.61 Å². The lowest BCUT2D eigenvalue weighted by atomic mass is 10.0. The number of hydrogen-bond donors (Lipinski definition) is 1. The molecule has 1 aliphatic carbocycles. The zero-order valence-corrected chi connectivity index (χ0v) is 21.4. The number of hydrogen-bond acceptors (Lipinski definition) is 6. The van der Waals surface area contributed by atoms with Crippen LogP contribution in [0.4, 0.5) is 0 Å². The van der Waals surface area contributed by atoms with Gasteiger partial charge in [-0.2, -0.15) is 0 Å². The quantitative estimate of drug-likeness (QED) is 0.210. The Morgan fingerprint density at radius 2 is 1.68 bits per heavy atom. The fourth-order valence-corrected chi connectivity index (χ4v) is 4.82. The van der Waals surface area contributed by atoms with Gasteiger partial charge in [-0.15, -0.1) is 0 Å². The highest BCUT2D eigenvalue weighted by Crippen LogP contribution is 2.46. The van der Waals surface area contributed by atoms with Crippen LogP contribution in [0.25, 0.3) is 22.0 Å². The highest BCUT2D eigenvalue weighted by Gasteiger charge is 2.33. The van der Waals surface area contributed by atoms with E-state index in [9.17, 15) is 4.79 Å². The third kappa shape index (κ3) is 4.90. The lowest BCUT2D eigenvalue weighted by molar-refractivity contribution is 0.0696. The first-order valence-corrected chi connectivity index (χ1v) is 12.7. The zero-order chi connectivity index (χ0) is 26.2. The maximum absolute atomic E-state index is 11.0. The fraction of sp³-hybridized carbons (Fsp3) is 0.138. The van der Waals surface area contributed by atoms with Crippen molar-refractivity contribution >= 4 is 39.9 Å². The molecule has 2 aromatic heterocycles. The molecular formula is C29H20Cl2N2O5. The number of halogens is 2. The Labute approximate surface area is 227 Å². The van der Waals surface area contributed by atoms with Crippen LogP contribution in [0.2, 0.25) is 10.0 Å². The summed E-state index contributed by atoms with van der Waals surface area (Å²) in [7, 11) is 0. The van der Waals surface area contributed by atoms with E-state index < -0.39 is 5.97 Å². The van der Waals surface area contributed by atoms with Gasteiger partial charge >= 0.3 is 5.97 Å². The van der Waals surface area contributed by atoms with Crippen LogP contribution in [0.5, 0.6) is 17.4 Å². The van der Waals surface area contributed by atoms with Gasteiger partial charge in [-0.1, -0.05) is 46.6 Å². The number of carbonyl (C=O) groups is 1. The van der Waals surface area contributed by atoms with E-state index in [1.807, 2.05) is 36.4 Å². The number of aromatic nitrogens is 2. The van der Waals surface area contributed by atoms with Crippen molar-refractivity contribution in [2.75, 3.05) is 0 Å². The first-order valence-electron chi connectivity index (χ1n) is 11.9. The molecule has 0 bridgehead atoms. The summed E-state index contributed by atoms with van der Waals surface area (Å²) in [5.74, 6) is 1.70. The largest absolute Gasteiger partial charge is 0.489 e. The van der Waals surface area contributed by atoms with Gasteiger partial charge in [0.15, 0.2) is 0 Å². The Morgan fingerprint density at radius 3 is 2.34 bits per heavy atom. The average molecular weight is 547 g/mol. The molecule has 5 aromatic rings. The average Bonchev–Trinajstić information content (AvgIpc) is 3.68. The number of carboxylic acid groups (broad SMARTS) is 1. The monoisotopic (exact) mass is 546 g/mol. The summed E-state index contributed by atoms with van der Waals surface area (Å²) in [4.78, 5) is 15.1.